The van der Waals surface area contributed by atoms with Gasteiger partial charge in [-0.3, -0.25) is 9.88 Å². The predicted molar refractivity (Wildman–Crippen MR) is 102 cm³/mol. The van der Waals surface area contributed by atoms with Crippen molar-refractivity contribution in [2.75, 3.05) is 6.61 Å². The van der Waals surface area contributed by atoms with Gasteiger partial charge in [0.25, 0.3) is 0 Å². The fourth-order valence-corrected chi connectivity index (χ4v) is 3.14. The first kappa shape index (κ1) is 19.6. The van der Waals surface area contributed by atoms with E-state index in [1.807, 2.05) is 30.3 Å². The van der Waals surface area contributed by atoms with Crippen LogP contribution in [0.1, 0.15) is 28.7 Å². The Morgan fingerprint density at radius 2 is 1.90 bits per heavy atom. The molecule has 2 aromatic heterocycles. The molecule has 1 saturated heterocycles. The molecule has 0 radical (unpaired) electrons. The monoisotopic (exact) mass is 412 g/mol. The predicted octanol–water partition coefficient (Wildman–Crippen LogP) is 4.58. The highest BCUT2D eigenvalue weighted by molar-refractivity contribution is 5.90. The number of aromatic nitrogens is 3. The number of halogens is 3. The molecule has 3 heterocycles. The summed E-state index contributed by atoms with van der Waals surface area (Å²) in [7, 11) is 0. The van der Waals surface area contributed by atoms with E-state index in [0.29, 0.717) is 11.3 Å². The summed E-state index contributed by atoms with van der Waals surface area (Å²) in [5, 5.41) is 0. The molecule has 1 atom stereocenters. The van der Waals surface area contributed by atoms with Gasteiger partial charge in [0.2, 0.25) is 0 Å². The summed E-state index contributed by atoms with van der Waals surface area (Å²) in [6.07, 6.45) is 0.185. The van der Waals surface area contributed by atoms with Crippen molar-refractivity contribution in [1.82, 2.24) is 19.9 Å². The standard InChI is InChI=1S/C21H15F3N4O2/c22-21(23,24)18-8-10-26-19(27-18)11-16(15-7-4-9-25-12-15)28-17(13-30-20(28)29)14-5-2-1-3-6-14/h1-12,17H,13H2/t17-/m0/s1. The molecule has 4 rings (SSSR count). The van der Waals surface area contributed by atoms with E-state index >= 15 is 0 Å². The number of benzene rings is 1. The molecule has 1 aliphatic rings. The SMILES string of the molecule is O=C1OC[C@@H](c2ccccc2)N1C(=Cc1nccc(C(F)(F)F)n1)c1cccnc1. The molecule has 0 N–H and O–H groups in total. The van der Waals surface area contributed by atoms with Crippen LogP contribution in [0.2, 0.25) is 0 Å². The molecule has 1 amide bonds. The Balaban J connectivity index is 1.83. The molecule has 9 heteroatoms. The van der Waals surface area contributed by atoms with Crippen molar-refractivity contribution in [3.8, 4) is 0 Å². The number of hydrogen-bond donors (Lipinski definition) is 0. The van der Waals surface area contributed by atoms with Crippen molar-refractivity contribution in [2.24, 2.45) is 0 Å². The fraction of sp³-hybridized carbons (Fsp3) is 0.143. The second kappa shape index (κ2) is 7.94. The van der Waals surface area contributed by atoms with E-state index in [-0.39, 0.29) is 12.4 Å². The molecule has 0 bridgehead atoms. The van der Waals surface area contributed by atoms with Gasteiger partial charge in [-0.15, -0.1) is 0 Å². The van der Waals surface area contributed by atoms with Gasteiger partial charge in [-0.1, -0.05) is 30.3 Å². The van der Waals surface area contributed by atoms with E-state index in [1.165, 1.54) is 17.2 Å². The van der Waals surface area contributed by atoms with E-state index in [0.717, 1.165) is 17.8 Å². The highest BCUT2D eigenvalue weighted by Gasteiger charge is 2.37. The Morgan fingerprint density at radius 1 is 1.10 bits per heavy atom. The van der Waals surface area contributed by atoms with E-state index in [4.69, 9.17) is 4.74 Å². The third kappa shape index (κ3) is 4.00. The molecule has 6 nitrogen and oxygen atoms in total. The number of amides is 1. The minimum Gasteiger partial charge on any atom is -0.447 e. The van der Waals surface area contributed by atoms with Gasteiger partial charge in [-0.2, -0.15) is 13.2 Å². The van der Waals surface area contributed by atoms with Gasteiger partial charge >= 0.3 is 12.3 Å². The van der Waals surface area contributed by atoms with Crippen LogP contribution in [0.4, 0.5) is 18.0 Å². The molecule has 3 aromatic rings. The molecule has 0 aliphatic carbocycles. The minimum atomic E-state index is -4.61. The topological polar surface area (TPSA) is 68.2 Å². The van der Waals surface area contributed by atoms with Crippen molar-refractivity contribution in [3.63, 3.8) is 0 Å². The van der Waals surface area contributed by atoms with Crippen LogP contribution in [0.25, 0.3) is 11.8 Å². The quantitative estimate of drug-likeness (QED) is 0.627. The number of cyclic esters (lactones) is 1. The first-order chi connectivity index (χ1) is 14.4. The van der Waals surface area contributed by atoms with Crippen molar-refractivity contribution < 1.29 is 22.7 Å². The van der Waals surface area contributed by atoms with Crippen LogP contribution in [-0.2, 0) is 10.9 Å². The van der Waals surface area contributed by atoms with Gasteiger partial charge in [-0.25, -0.2) is 14.8 Å². The Kier molecular flexibility index (Phi) is 5.18. The molecule has 152 valence electrons. The molecule has 0 spiro atoms. The molecule has 1 aliphatic heterocycles. The first-order valence-electron chi connectivity index (χ1n) is 8.97. The summed E-state index contributed by atoms with van der Waals surface area (Å²) in [5.41, 5.74) is 0.554. The maximum Gasteiger partial charge on any atom is 0.433 e. The van der Waals surface area contributed by atoms with Crippen LogP contribution in [0.15, 0.2) is 67.1 Å². The summed E-state index contributed by atoms with van der Waals surface area (Å²) in [6, 6.07) is 12.9. The molecule has 1 fully saturated rings. The van der Waals surface area contributed by atoms with Crippen LogP contribution < -0.4 is 0 Å². The molecular weight excluding hydrogens is 397 g/mol. The minimum absolute atomic E-state index is 0.101. The smallest absolute Gasteiger partial charge is 0.433 e. The van der Waals surface area contributed by atoms with Crippen LogP contribution in [-0.4, -0.2) is 32.6 Å². The lowest BCUT2D eigenvalue weighted by Crippen LogP contribution is -2.26. The normalized spacial score (nSPS) is 17.2. The average molecular weight is 412 g/mol. The van der Waals surface area contributed by atoms with E-state index in [9.17, 15) is 18.0 Å². The summed E-state index contributed by atoms with van der Waals surface area (Å²) in [6.45, 7) is 0.101. The maximum absolute atomic E-state index is 13.1. The number of ether oxygens (including phenoxy) is 1. The summed E-state index contributed by atoms with van der Waals surface area (Å²) < 4.78 is 44.5. The van der Waals surface area contributed by atoms with Crippen molar-refractivity contribution in [3.05, 3.63) is 89.8 Å². The Morgan fingerprint density at radius 3 is 2.60 bits per heavy atom. The Hall–Kier alpha value is -3.75. The Labute approximate surface area is 169 Å². The second-order valence-corrected chi connectivity index (χ2v) is 6.44. The fourth-order valence-electron chi connectivity index (χ4n) is 3.14. The summed E-state index contributed by atoms with van der Waals surface area (Å²) in [4.78, 5) is 25.6. The summed E-state index contributed by atoms with van der Waals surface area (Å²) >= 11 is 0. The zero-order valence-electron chi connectivity index (χ0n) is 15.5. The number of pyridine rings is 1. The van der Waals surface area contributed by atoms with Gasteiger partial charge in [0.1, 0.15) is 12.3 Å². The highest BCUT2D eigenvalue weighted by Crippen LogP contribution is 2.36. The van der Waals surface area contributed by atoms with Crippen LogP contribution in [0.3, 0.4) is 0 Å². The van der Waals surface area contributed by atoms with Crippen molar-refractivity contribution in [1.29, 1.82) is 0 Å². The molecule has 0 saturated carbocycles. The molecule has 1 aromatic carbocycles. The molecular formula is C21H15F3N4O2. The lowest BCUT2D eigenvalue weighted by molar-refractivity contribution is -0.141. The second-order valence-electron chi connectivity index (χ2n) is 6.44. The van der Waals surface area contributed by atoms with E-state index in [1.54, 1.807) is 18.3 Å². The van der Waals surface area contributed by atoms with Crippen molar-refractivity contribution in [2.45, 2.75) is 12.2 Å². The zero-order chi connectivity index (χ0) is 21.1. The lowest BCUT2D eigenvalue weighted by Gasteiger charge is -2.24. The van der Waals surface area contributed by atoms with Gasteiger partial charge in [-0.05, 0) is 23.8 Å². The van der Waals surface area contributed by atoms with Crippen LogP contribution in [0, 0.1) is 0 Å². The largest absolute Gasteiger partial charge is 0.447 e. The number of carbonyl (C=O) groups is 1. The number of hydrogen-bond acceptors (Lipinski definition) is 5. The highest BCUT2D eigenvalue weighted by atomic mass is 19.4. The average Bonchev–Trinajstić information content (AvgIpc) is 3.14. The number of nitrogens with zero attached hydrogens (tertiary/aromatic N) is 4. The lowest BCUT2D eigenvalue weighted by atomic mass is 10.0. The third-order valence-electron chi connectivity index (χ3n) is 4.50. The number of carbonyl (C=O) groups excluding carboxylic acids is 1. The number of alkyl halides is 3. The van der Waals surface area contributed by atoms with Crippen LogP contribution in [0.5, 0.6) is 0 Å². The van der Waals surface area contributed by atoms with Gasteiger partial charge in [0.05, 0.1) is 11.7 Å². The molecule has 0 unspecified atom stereocenters. The van der Waals surface area contributed by atoms with Gasteiger partial charge < -0.3 is 4.74 Å². The van der Waals surface area contributed by atoms with Crippen LogP contribution >= 0.6 is 0 Å². The van der Waals surface area contributed by atoms with Gasteiger partial charge in [0.15, 0.2) is 5.82 Å². The first-order valence-corrected chi connectivity index (χ1v) is 8.97. The summed E-state index contributed by atoms with van der Waals surface area (Å²) in [5.74, 6) is -0.185. The number of rotatable bonds is 4. The zero-order valence-corrected chi connectivity index (χ0v) is 15.5. The molecule has 30 heavy (non-hydrogen) atoms. The maximum atomic E-state index is 13.1. The van der Waals surface area contributed by atoms with E-state index in [2.05, 4.69) is 15.0 Å². The van der Waals surface area contributed by atoms with Gasteiger partial charge in [0, 0.05) is 30.2 Å². The third-order valence-corrected chi connectivity index (χ3v) is 4.50. The Bertz CT molecular complexity index is 1070. The van der Waals surface area contributed by atoms with Crippen molar-refractivity contribution >= 4 is 17.9 Å². The van der Waals surface area contributed by atoms with E-state index < -0.39 is 24.0 Å².